The van der Waals surface area contributed by atoms with Gasteiger partial charge >= 0.3 is 5.97 Å². The number of nitrogens with zero attached hydrogens (tertiary/aromatic N) is 1. The molecule has 0 N–H and O–H groups in total. The standard InChI is InChI=1S/C12H16ClNO2.ClH/c1-14(2)7-8-16-12(15)11-6-4-3-5-10(11)9-13;/h3-6H,7-9H2,1-2H3;1H. The van der Waals surface area contributed by atoms with Gasteiger partial charge in [-0.1, -0.05) is 18.2 Å². The molecule has 0 spiro atoms. The molecule has 0 heterocycles. The number of halogens is 2. The molecule has 0 saturated carbocycles. The van der Waals surface area contributed by atoms with Gasteiger partial charge < -0.3 is 9.64 Å². The molecule has 0 aliphatic rings. The maximum atomic E-state index is 11.7. The average molecular weight is 278 g/mol. The number of ether oxygens (including phenoxy) is 1. The van der Waals surface area contributed by atoms with E-state index in [1.54, 1.807) is 12.1 Å². The van der Waals surface area contributed by atoms with Crippen molar-refractivity contribution in [2.24, 2.45) is 0 Å². The fraction of sp³-hybridized carbons (Fsp3) is 0.417. The quantitative estimate of drug-likeness (QED) is 0.612. The summed E-state index contributed by atoms with van der Waals surface area (Å²) in [4.78, 5) is 13.7. The number of benzene rings is 1. The Morgan fingerprint density at radius 3 is 2.59 bits per heavy atom. The van der Waals surface area contributed by atoms with Gasteiger partial charge in [0.15, 0.2) is 0 Å². The van der Waals surface area contributed by atoms with Crippen LogP contribution in [0.2, 0.25) is 0 Å². The molecule has 0 unspecified atom stereocenters. The van der Waals surface area contributed by atoms with E-state index in [0.29, 0.717) is 18.1 Å². The van der Waals surface area contributed by atoms with Gasteiger partial charge in [0.1, 0.15) is 6.61 Å². The molecule has 5 heteroatoms. The lowest BCUT2D eigenvalue weighted by atomic mass is 10.1. The summed E-state index contributed by atoms with van der Waals surface area (Å²) in [5, 5.41) is 0. The van der Waals surface area contributed by atoms with E-state index in [1.807, 2.05) is 31.1 Å². The maximum Gasteiger partial charge on any atom is 0.338 e. The molecule has 0 saturated heterocycles. The third-order valence-corrected chi connectivity index (χ3v) is 2.44. The topological polar surface area (TPSA) is 29.5 Å². The Bertz CT molecular complexity index is 356. The smallest absolute Gasteiger partial charge is 0.338 e. The van der Waals surface area contributed by atoms with Crippen molar-refractivity contribution in [1.29, 1.82) is 0 Å². The van der Waals surface area contributed by atoms with Crippen molar-refractivity contribution in [3.8, 4) is 0 Å². The highest BCUT2D eigenvalue weighted by atomic mass is 35.5. The lowest BCUT2D eigenvalue weighted by molar-refractivity contribution is 0.0481. The van der Waals surface area contributed by atoms with Crippen LogP contribution in [0.5, 0.6) is 0 Å². The Labute approximate surface area is 113 Å². The van der Waals surface area contributed by atoms with E-state index < -0.39 is 0 Å². The number of rotatable bonds is 5. The van der Waals surface area contributed by atoms with Gasteiger partial charge in [0.25, 0.3) is 0 Å². The van der Waals surface area contributed by atoms with E-state index >= 15 is 0 Å². The van der Waals surface area contributed by atoms with E-state index in [0.717, 1.165) is 12.1 Å². The van der Waals surface area contributed by atoms with E-state index in [1.165, 1.54) is 0 Å². The zero-order valence-corrected chi connectivity index (χ0v) is 11.6. The van der Waals surface area contributed by atoms with Crippen LogP contribution in [0.4, 0.5) is 0 Å². The molecular formula is C12H17Cl2NO2. The Balaban J connectivity index is 0.00000256. The predicted molar refractivity (Wildman–Crippen MR) is 72.1 cm³/mol. The minimum atomic E-state index is -0.307. The third-order valence-electron chi connectivity index (χ3n) is 2.15. The molecule has 17 heavy (non-hydrogen) atoms. The normalized spacial score (nSPS) is 9.88. The van der Waals surface area contributed by atoms with Crippen LogP contribution in [0.3, 0.4) is 0 Å². The monoisotopic (exact) mass is 277 g/mol. The van der Waals surface area contributed by atoms with Crippen LogP contribution in [-0.2, 0) is 10.6 Å². The van der Waals surface area contributed by atoms with Crippen molar-refractivity contribution in [2.45, 2.75) is 5.88 Å². The Kier molecular flexibility index (Phi) is 7.96. The second-order valence-electron chi connectivity index (χ2n) is 3.73. The summed E-state index contributed by atoms with van der Waals surface area (Å²) in [5.74, 6) is 0.0111. The number of alkyl halides is 1. The zero-order chi connectivity index (χ0) is 12.0. The van der Waals surface area contributed by atoms with Crippen LogP contribution in [0.1, 0.15) is 15.9 Å². The second-order valence-corrected chi connectivity index (χ2v) is 4.00. The van der Waals surface area contributed by atoms with E-state index in [4.69, 9.17) is 16.3 Å². The molecule has 0 atom stereocenters. The molecule has 1 aromatic rings. The van der Waals surface area contributed by atoms with E-state index in [-0.39, 0.29) is 18.4 Å². The van der Waals surface area contributed by atoms with Gasteiger partial charge in [0.05, 0.1) is 5.56 Å². The summed E-state index contributed by atoms with van der Waals surface area (Å²) in [6, 6.07) is 7.22. The van der Waals surface area contributed by atoms with Crippen LogP contribution in [0, 0.1) is 0 Å². The number of likely N-dealkylation sites (N-methyl/N-ethyl adjacent to an activating group) is 1. The maximum absolute atomic E-state index is 11.7. The molecule has 0 aliphatic carbocycles. The first-order chi connectivity index (χ1) is 7.65. The molecule has 0 aliphatic heterocycles. The van der Waals surface area contributed by atoms with Crippen molar-refractivity contribution in [3.05, 3.63) is 35.4 Å². The number of carbonyl (C=O) groups excluding carboxylic acids is 1. The Morgan fingerprint density at radius 1 is 1.35 bits per heavy atom. The highest BCUT2D eigenvalue weighted by Crippen LogP contribution is 2.12. The first-order valence-corrected chi connectivity index (χ1v) is 5.64. The van der Waals surface area contributed by atoms with E-state index in [2.05, 4.69) is 0 Å². The van der Waals surface area contributed by atoms with Gasteiger partial charge in [-0.2, -0.15) is 0 Å². The van der Waals surface area contributed by atoms with Gasteiger partial charge in [-0.3, -0.25) is 0 Å². The first kappa shape index (κ1) is 16.2. The first-order valence-electron chi connectivity index (χ1n) is 5.11. The highest BCUT2D eigenvalue weighted by molar-refractivity contribution is 6.17. The molecule has 0 aromatic heterocycles. The molecule has 0 radical (unpaired) electrons. The highest BCUT2D eigenvalue weighted by Gasteiger charge is 2.11. The van der Waals surface area contributed by atoms with Crippen LogP contribution in [0.25, 0.3) is 0 Å². The van der Waals surface area contributed by atoms with Gasteiger partial charge in [0.2, 0.25) is 0 Å². The van der Waals surface area contributed by atoms with Crippen LogP contribution < -0.4 is 0 Å². The zero-order valence-electron chi connectivity index (χ0n) is 9.98. The Hall–Kier alpha value is -0.770. The molecule has 1 rings (SSSR count). The fourth-order valence-corrected chi connectivity index (χ4v) is 1.47. The van der Waals surface area contributed by atoms with Gasteiger partial charge in [-0.25, -0.2) is 4.79 Å². The van der Waals surface area contributed by atoms with Gasteiger partial charge in [0, 0.05) is 12.4 Å². The molecular weight excluding hydrogens is 261 g/mol. The minimum absolute atomic E-state index is 0. The van der Waals surface area contributed by atoms with E-state index in [9.17, 15) is 4.79 Å². The van der Waals surface area contributed by atoms with Crippen molar-refractivity contribution in [2.75, 3.05) is 27.2 Å². The molecule has 0 fully saturated rings. The summed E-state index contributed by atoms with van der Waals surface area (Å²) >= 11 is 5.74. The average Bonchev–Trinajstić information content (AvgIpc) is 2.28. The van der Waals surface area contributed by atoms with Crippen molar-refractivity contribution in [3.63, 3.8) is 0 Å². The molecule has 1 aromatic carbocycles. The largest absolute Gasteiger partial charge is 0.461 e. The lowest BCUT2D eigenvalue weighted by Gasteiger charge is -2.11. The summed E-state index contributed by atoms with van der Waals surface area (Å²) in [7, 11) is 3.86. The second kappa shape index (κ2) is 8.34. The lowest BCUT2D eigenvalue weighted by Crippen LogP contribution is -2.20. The molecule has 0 amide bonds. The fourth-order valence-electron chi connectivity index (χ4n) is 1.23. The molecule has 0 bridgehead atoms. The third kappa shape index (κ3) is 5.39. The van der Waals surface area contributed by atoms with Crippen LogP contribution in [-0.4, -0.2) is 38.1 Å². The summed E-state index contributed by atoms with van der Waals surface area (Å²) < 4.78 is 5.14. The van der Waals surface area contributed by atoms with Gasteiger partial charge in [-0.05, 0) is 25.7 Å². The summed E-state index contributed by atoms with van der Waals surface area (Å²) in [5.41, 5.74) is 1.36. The van der Waals surface area contributed by atoms with Crippen LogP contribution in [0.15, 0.2) is 24.3 Å². The Morgan fingerprint density at radius 2 is 2.00 bits per heavy atom. The van der Waals surface area contributed by atoms with Crippen molar-refractivity contribution in [1.82, 2.24) is 4.90 Å². The predicted octanol–water partition coefficient (Wildman–Crippen LogP) is 2.57. The summed E-state index contributed by atoms with van der Waals surface area (Å²) in [6.07, 6.45) is 0. The number of carbonyl (C=O) groups is 1. The summed E-state index contributed by atoms with van der Waals surface area (Å²) in [6.45, 7) is 1.11. The number of hydrogen-bond acceptors (Lipinski definition) is 3. The van der Waals surface area contributed by atoms with Crippen molar-refractivity contribution >= 4 is 30.0 Å². The minimum Gasteiger partial charge on any atom is -0.461 e. The SMILES string of the molecule is CN(C)CCOC(=O)c1ccccc1CCl.Cl. The van der Waals surface area contributed by atoms with Crippen LogP contribution >= 0.6 is 24.0 Å². The molecule has 3 nitrogen and oxygen atoms in total. The number of esters is 1. The van der Waals surface area contributed by atoms with Gasteiger partial charge in [-0.15, -0.1) is 24.0 Å². The number of hydrogen-bond donors (Lipinski definition) is 0. The molecule has 96 valence electrons. The van der Waals surface area contributed by atoms with Crippen molar-refractivity contribution < 1.29 is 9.53 Å².